The highest BCUT2D eigenvalue weighted by molar-refractivity contribution is 7.98. The van der Waals surface area contributed by atoms with Gasteiger partial charge in [-0.05, 0) is 43.7 Å². The molecule has 1 N–H and O–H groups in total. The Kier molecular flexibility index (Phi) is 6.77. The van der Waals surface area contributed by atoms with E-state index in [9.17, 15) is 4.79 Å². The molecule has 0 aliphatic rings. The molecule has 7 nitrogen and oxygen atoms in total. The molecule has 1 amide bonds. The molecule has 0 aliphatic heterocycles. The quantitative estimate of drug-likeness (QED) is 0.560. The van der Waals surface area contributed by atoms with E-state index in [1.54, 1.807) is 32.5 Å². The molecule has 29 heavy (non-hydrogen) atoms. The largest absolute Gasteiger partial charge is 0.493 e. The minimum Gasteiger partial charge on any atom is -0.493 e. The molecule has 0 saturated heterocycles. The van der Waals surface area contributed by atoms with E-state index in [0.29, 0.717) is 34.4 Å². The van der Waals surface area contributed by atoms with Gasteiger partial charge in [-0.3, -0.25) is 4.79 Å². The minimum absolute atomic E-state index is 0.186. The maximum absolute atomic E-state index is 12.8. The van der Waals surface area contributed by atoms with Gasteiger partial charge < -0.3 is 19.3 Å². The molecule has 8 heteroatoms. The summed E-state index contributed by atoms with van der Waals surface area (Å²) in [5, 5.41) is 7.57. The summed E-state index contributed by atoms with van der Waals surface area (Å²) in [6.45, 7) is 4.15. The van der Waals surface area contributed by atoms with E-state index < -0.39 is 0 Å². The Hall–Kier alpha value is -3.00. The van der Waals surface area contributed by atoms with Crippen LogP contribution >= 0.6 is 11.8 Å². The summed E-state index contributed by atoms with van der Waals surface area (Å²) < 4.78 is 15.8. The lowest BCUT2D eigenvalue weighted by Gasteiger charge is -2.11. The number of hydrogen-bond acceptors (Lipinski definition) is 7. The molecule has 0 radical (unpaired) electrons. The number of carbonyl (C=O) groups is 1. The second-order valence-electron chi connectivity index (χ2n) is 6.32. The van der Waals surface area contributed by atoms with E-state index in [-0.39, 0.29) is 5.91 Å². The van der Waals surface area contributed by atoms with Crippen molar-refractivity contribution in [1.29, 1.82) is 0 Å². The van der Waals surface area contributed by atoms with Gasteiger partial charge in [0.05, 0.1) is 25.5 Å². The molecule has 152 valence electrons. The molecule has 3 aromatic rings. The van der Waals surface area contributed by atoms with E-state index in [1.165, 1.54) is 11.8 Å². The number of aryl methyl sites for hydroxylation is 2. The Labute approximate surface area is 173 Å². The number of nitrogens with one attached hydrogen (secondary N) is 1. The average molecular weight is 413 g/mol. The highest BCUT2D eigenvalue weighted by Crippen LogP contribution is 2.28. The summed E-state index contributed by atoms with van der Waals surface area (Å²) in [6.07, 6.45) is 1.68. The highest BCUT2D eigenvalue weighted by Gasteiger charge is 2.16. The number of thioether (sulfide) groups is 1. The number of aromatic nitrogens is 2. The van der Waals surface area contributed by atoms with Gasteiger partial charge in [-0.2, -0.15) is 0 Å². The maximum atomic E-state index is 12.8. The number of ether oxygens (including phenoxy) is 2. The van der Waals surface area contributed by atoms with Crippen LogP contribution in [0.1, 0.15) is 32.9 Å². The molecule has 0 bridgehead atoms. The lowest BCUT2D eigenvalue weighted by molar-refractivity contribution is 0.0947. The summed E-state index contributed by atoms with van der Waals surface area (Å²) in [5.74, 6) is 2.50. The number of hydrogen-bond donors (Lipinski definition) is 1. The third-order valence-electron chi connectivity index (χ3n) is 4.45. The molecular weight excluding hydrogens is 390 g/mol. The van der Waals surface area contributed by atoms with Gasteiger partial charge in [-0.25, -0.2) is 4.98 Å². The first-order valence-electron chi connectivity index (χ1n) is 9.02. The fourth-order valence-electron chi connectivity index (χ4n) is 2.80. The van der Waals surface area contributed by atoms with E-state index in [2.05, 4.69) is 15.5 Å². The van der Waals surface area contributed by atoms with Crippen LogP contribution in [-0.2, 0) is 12.3 Å². The molecule has 0 saturated carbocycles. The van der Waals surface area contributed by atoms with E-state index in [4.69, 9.17) is 14.0 Å². The number of benzene rings is 1. The van der Waals surface area contributed by atoms with E-state index in [0.717, 1.165) is 22.6 Å². The minimum atomic E-state index is -0.186. The molecule has 0 spiro atoms. The van der Waals surface area contributed by atoms with Crippen molar-refractivity contribution in [3.63, 3.8) is 0 Å². The summed E-state index contributed by atoms with van der Waals surface area (Å²) in [5.41, 5.74) is 3.32. The Morgan fingerprint density at radius 2 is 1.97 bits per heavy atom. The number of nitrogens with zero attached hydrogens (tertiary/aromatic N) is 2. The van der Waals surface area contributed by atoms with Crippen LogP contribution in [-0.4, -0.2) is 30.3 Å². The van der Waals surface area contributed by atoms with Gasteiger partial charge in [-0.15, -0.1) is 11.8 Å². The fraction of sp³-hybridized carbons (Fsp3) is 0.286. The zero-order chi connectivity index (χ0) is 20.8. The van der Waals surface area contributed by atoms with Crippen molar-refractivity contribution < 1.29 is 18.8 Å². The van der Waals surface area contributed by atoms with Crippen LogP contribution in [0.5, 0.6) is 11.5 Å². The van der Waals surface area contributed by atoms with Gasteiger partial charge in [0.1, 0.15) is 10.8 Å². The zero-order valence-corrected chi connectivity index (χ0v) is 17.6. The average Bonchev–Trinajstić information content (AvgIpc) is 3.07. The lowest BCUT2D eigenvalue weighted by atomic mass is 10.2. The van der Waals surface area contributed by atoms with Gasteiger partial charge in [0.2, 0.25) is 0 Å². The Balaban J connectivity index is 1.68. The van der Waals surface area contributed by atoms with Gasteiger partial charge in [0, 0.05) is 24.1 Å². The molecule has 3 rings (SSSR count). The van der Waals surface area contributed by atoms with Gasteiger partial charge in [-0.1, -0.05) is 11.2 Å². The van der Waals surface area contributed by atoms with E-state index in [1.807, 2.05) is 32.0 Å². The Bertz CT molecular complexity index is 984. The summed E-state index contributed by atoms with van der Waals surface area (Å²) in [6, 6.07) is 9.07. The van der Waals surface area contributed by atoms with Crippen LogP contribution < -0.4 is 14.8 Å². The van der Waals surface area contributed by atoms with Crippen molar-refractivity contribution in [2.24, 2.45) is 0 Å². The molecule has 0 aliphatic carbocycles. The van der Waals surface area contributed by atoms with Crippen LogP contribution in [0, 0.1) is 13.8 Å². The number of rotatable bonds is 8. The van der Waals surface area contributed by atoms with Crippen LogP contribution in [0.3, 0.4) is 0 Å². The second-order valence-corrected chi connectivity index (χ2v) is 7.28. The topological polar surface area (TPSA) is 86.5 Å². The number of carbonyl (C=O) groups excluding carboxylic acids is 1. The first-order valence-corrected chi connectivity index (χ1v) is 10.0. The monoisotopic (exact) mass is 413 g/mol. The van der Waals surface area contributed by atoms with E-state index >= 15 is 0 Å². The smallest absolute Gasteiger partial charge is 0.254 e. The molecule has 2 aromatic heterocycles. The lowest BCUT2D eigenvalue weighted by Crippen LogP contribution is -2.23. The number of amides is 1. The summed E-state index contributed by atoms with van der Waals surface area (Å²) in [7, 11) is 3.17. The van der Waals surface area contributed by atoms with Crippen molar-refractivity contribution in [2.75, 3.05) is 14.2 Å². The van der Waals surface area contributed by atoms with Crippen molar-refractivity contribution in [3.8, 4) is 11.5 Å². The van der Waals surface area contributed by atoms with Crippen molar-refractivity contribution >= 4 is 17.7 Å². The summed E-state index contributed by atoms with van der Waals surface area (Å²) >= 11 is 1.49. The van der Waals surface area contributed by atoms with Crippen molar-refractivity contribution in [3.05, 3.63) is 64.7 Å². The molecule has 2 heterocycles. The fourth-order valence-corrected chi connectivity index (χ4v) is 3.94. The molecular formula is C21H23N3O4S. The van der Waals surface area contributed by atoms with Crippen LogP contribution in [0.4, 0.5) is 0 Å². The predicted molar refractivity (Wildman–Crippen MR) is 110 cm³/mol. The molecule has 1 aromatic carbocycles. The van der Waals surface area contributed by atoms with Gasteiger partial charge in [0.15, 0.2) is 11.5 Å². The molecule has 0 atom stereocenters. The molecule has 0 fully saturated rings. The van der Waals surface area contributed by atoms with Crippen LogP contribution in [0.15, 0.2) is 46.1 Å². The SMILES string of the molecule is COc1ccc(CNC(=O)c2cccnc2SCc2c(C)noc2C)cc1OC. The van der Waals surface area contributed by atoms with Gasteiger partial charge in [0.25, 0.3) is 5.91 Å². The zero-order valence-electron chi connectivity index (χ0n) is 16.8. The summed E-state index contributed by atoms with van der Waals surface area (Å²) in [4.78, 5) is 17.1. The highest BCUT2D eigenvalue weighted by atomic mass is 32.2. The van der Waals surface area contributed by atoms with Crippen LogP contribution in [0.25, 0.3) is 0 Å². The Morgan fingerprint density at radius 1 is 1.17 bits per heavy atom. The van der Waals surface area contributed by atoms with Crippen molar-refractivity contribution in [2.45, 2.75) is 31.2 Å². The second kappa shape index (κ2) is 9.47. The number of methoxy groups -OCH3 is 2. The maximum Gasteiger partial charge on any atom is 0.254 e. The third-order valence-corrected chi connectivity index (χ3v) is 5.48. The molecule has 0 unspecified atom stereocenters. The first-order chi connectivity index (χ1) is 14.0. The third kappa shape index (κ3) is 4.89. The van der Waals surface area contributed by atoms with Crippen molar-refractivity contribution in [1.82, 2.24) is 15.5 Å². The van der Waals surface area contributed by atoms with Crippen LogP contribution in [0.2, 0.25) is 0 Å². The van der Waals surface area contributed by atoms with Gasteiger partial charge >= 0.3 is 0 Å². The standard InChI is InChI=1S/C21H23N3O4S/c1-13-17(14(2)28-24-13)12-29-21-16(6-5-9-22-21)20(25)23-11-15-7-8-18(26-3)19(10-15)27-4/h5-10H,11-12H2,1-4H3,(H,23,25). The normalized spacial score (nSPS) is 10.6. The predicted octanol–water partition coefficient (Wildman–Crippen LogP) is 3.93. The number of pyridine rings is 1. The first kappa shape index (κ1) is 20.7. The Morgan fingerprint density at radius 3 is 2.66 bits per heavy atom.